The lowest BCUT2D eigenvalue weighted by molar-refractivity contribution is 0.0696. The number of aromatic carboxylic acids is 1. The normalized spacial score (nSPS) is 10.2. The average molecular weight is 287 g/mol. The van der Waals surface area contributed by atoms with Gasteiger partial charge >= 0.3 is 5.97 Å². The highest BCUT2D eigenvalue weighted by atomic mass is 19.1. The molecule has 0 fully saturated rings. The molecule has 0 saturated heterocycles. The first-order chi connectivity index (χ1) is 9.90. The molecule has 2 rings (SSSR count). The molecule has 0 spiro atoms. The summed E-state index contributed by atoms with van der Waals surface area (Å²) in [6.07, 6.45) is 0. The lowest BCUT2D eigenvalue weighted by Crippen LogP contribution is -2.21. The smallest absolute Gasteiger partial charge is 0.335 e. The van der Waals surface area contributed by atoms with Gasteiger partial charge in [0.1, 0.15) is 5.82 Å². The third kappa shape index (κ3) is 3.08. The monoisotopic (exact) mass is 287 g/mol. The summed E-state index contributed by atoms with van der Waals surface area (Å²) in [5, 5.41) is 8.83. The van der Waals surface area contributed by atoms with Crippen molar-refractivity contribution in [3.8, 4) is 11.1 Å². The highest BCUT2D eigenvalue weighted by molar-refractivity contribution is 5.95. The number of hydrogen-bond donors (Lipinski definition) is 1. The van der Waals surface area contributed by atoms with Gasteiger partial charge in [-0.1, -0.05) is 18.2 Å². The third-order valence-electron chi connectivity index (χ3n) is 3.04. The van der Waals surface area contributed by atoms with Gasteiger partial charge in [0.05, 0.1) is 5.56 Å². The molecule has 0 heterocycles. The van der Waals surface area contributed by atoms with Crippen molar-refractivity contribution in [3.05, 3.63) is 59.4 Å². The van der Waals surface area contributed by atoms with Crippen LogP contribution in [0.4, 0.5) is 4.39 Å². The number of halogens is 1. The van der Waals surface area contributed by atoms with E-state index in [1.54, 1.807) is 38.4 Å². The molecule has 0 radical (unpaired) electrons. The Morgan fingerprint density at radius 3 is 2.33 bits per heavy atom. The lowest BCUT2D eigenvalue weighted by Gasteiger charge is -2.11. The first-order valence-electron chi connectivity index (χ1n) is 6.25. The SMILES string of the molecule is CN(C)C(=O)c1cccc(-c2ccc(C(=O)O)cc2F)c1. The largest absolute Gasteiger partial charge is 0.478 e. The molecular weight excluding hydrogens is 273 g/mol. The molecule has 1 N–H and O–H groups in total. The number of carboxylic acid groups (broad SMARTS) is 1. The van der Waals surface area contributed by atoms with Gasteiger partial charge in [-0.05, 0) is 29.8 Å². The Bertz CT molecular complexity index is 710. The molecule has 0 aromatic heterocycles. The molecule has 0 atom stereocenters. The standard InChI is InChI=1S/C16H14FNO3/c1-18(2)15(19)11-5-3-4-10(8-11)13-7-6-12(16(20)21)9-14(13)17/h3-9H,1-2H3,(H,20,21). The van der Waals surface area contributed by atoms with E-state index < -0.39 is 11.8 Å². The van der Waals surface area contributed by atoms with Gasteiger partial charge < -0.3 is 10.0 Å². The molecule has 108 valence electrons. The Balaban J connectivity index is 2.45. The quantitative estimate of drug-likeness (QED) is 0.944. The molecule has 1 amide bonds. The first-order valence-corrected chi connectivity index (χ1v) is 6.25. The number of hydrogen-bond acceptors (Lipinski definition) is 2. The Morgan fingerprint density at radius 2 is 1.76 bits per heavy atom. The number of benzene rings is 2. The van der Waals surface area contributed by atoms with E-state index in [9.17, 15) is 14.0 Å². The van der Waals surface area contributed by atoms with E-state index in [4.69, 9.17) is 5.11 Å². The second-order valence-electron chi connectivity index (χ2n) is 4.78. The van der Waals surface area contributed by atoms with Gasteiger partial charge in [0, 0.05) is 25.2 Å². The molecule has 4 nitrogen and oxygen atoms in total. The van der Waals surface area contributed by atoms with E-state index in [1.807, 2.05) is 0 Å². The van der Waals surface area contributed by atoms with Gasteiger partial charge in [-0.15, -0.1) is 0 Å². The maximum atomic E-state index is 14.0. The second-order valence-corrected chi connectivity index (χ2v) is 4.78. The predicted molar refractivity (Wildman–Crippen MR) is 76.8 cm³/mol. The van der Waals surface area contributed by atoms with Gasteiger partial charge in [-0.25, -0.2) is 9.18 Å². The van der Waals surface area contributed by atoms with Gasteiger partial charge in [0.25, 0.3) is 5.91 Å². The summed E-state index contributed by atoms with van der Waals surface area (Å²) in [7, 11) is 3.27. The Labute approximate surface area is 121 Å². The number of carbonyl (C=O) groups is 2. The van der Waals surface area contributed by atoms with Crippen LogP contribution in [0.2, 0.25) is 0 Å². The first kappa shape index (κ1) is 14.7. The van der Waals surface area contributed by atoms with Crippen molar-refractivity contribution in [1.29, 1.82) is 0 Å². The number of carboxylic acids is 1. The van der Waals surface area contributed by atoms with E-state index >= 15 is 0 Å². The Kier molecular flexibility index (Phi) is 4.03. The fourth-order valence-corrected chi connectivity index (χ4v) is 1.96. The van der Waals surface area contributed by atoms with Crippen LogP contribution in [0.15, 0.2) is 42.5 Å². The number of nitrogens with zero attached hydrogens (tertiary/aromatic N) is 1. The molecule has 0 unspecified atom stereocenters. The topological polar surface area (TPSA) is 57.6 Å². The van der Waals surface area contributed by atoms with Crippen LogP contribution >= 0.6 is 0 Å². The van der Waals surface area contributed by atoms with E-state index in [0.29, 0.717) is 11.1 Å². The summed E-state index contributed by atoms with van der Waals surface area (Å²) in [5.41, 5.74) is 1.11. The van der Waals surface area contributed by atoms with E-state index in [2.05, 4.69) is 0 Å². The van der Waals surface area contributed by atoms with Crippen LogP contribution in [0.25, 0.3) is 11.1 Å². The van der Waals surface area contributed by atoms with Crippen LogP contribution in [0.5, 0.6) is 0 Å². The van der Waals surface area contributed by atoms with E-state index in [0.717, 1.165) is 6.07 Å². The summed E-state index contributed by atoms with van der Waals surface area (Å²) in [5.74, 6) is -2.00. The average Bonchev–Trinajstić information content (AvgIpc) is 2.46. The van der Waals surface area contributed by atoms with Crippen LogP contribution in [-0.2, 0) is 0 Å². The minimum atomic E-state index is -1.18. The van der Waals surface area contributed by atoms with Crippen LogP contribution in [0.3, 0.4) is 0 Å². The molecule has 2 aromatic rings. The molecule has 5 heteroatoms. The maximum Gasteiger partial charge on any atom is 0.335 e. The van der Waals surface area contributed by atoms with Crippen molar-refractivity contribution in [3.63, 3.8) is 0 Å². The van der Waals surface area contributed by atoms with Gasteiger partial charge in [0.15, 0.2) is 0 Å². The molecule has 0 bridgehead atoms. The van der Waals surface area contributed by atoms with Gasteiger partial charge in [0.2, 0.25) is 0 Å². The second kappa shape index (κ2) is 5.75. The highest BCUT2D eigenvalue weighted by Gasteiger charge is 2.13. The zero-order chi connectivity index (χ0) is 15.6. The minimum absolute atomic E-state index is 0.114. The number of carbonyl (C=O) groups excluding carboxylic acids is 1. The van der Waals surface area contributed by atoms with Crippen molar-refractivity contribution in [2.24, 2.45) is 0 Å². The predicted octanol–water partition coefficient (Wildman–Crippen LogP) is 2.89. The van der Waals surface area contributed by atoms with Crippen LogP contribution < -0.4 is 0 Å². The van der Waals surface area contributed by atoms with E-state index in [-0.39, 0.29) is 17.0 Å². The molecule has 21 heavy (non-hydrogen) atoms. The molecular formula is C16H14FNO3. The van der Waals surface area contributed by atoms with Crippen LogP contribution in [-0.4, -0.2) is 36.0 Å². The summed E-state index contributed by atoms with van der Waals surface area (Å²) < 4.78 is 14.0. The summed E-state index contributed by atoms with van der Waals surface area (Å²) >= 11 is 0. The van der Waals surface area contributed by atoms with Crippen molar-refractivity contribution >= 4 is 11.9 Å². The fourth-order valence-electron chi connectivity index (χ4n) is 1.96. The third-order valence-corrected chi connectivity index (χ3v) is 3.04. The van der Waals surface area contributed by atoms with Gasteiger partial charge in [-0.3, -0.25) is 4.79 Å². The Hall–Kier alpha value is -2.69. The number of rotatable bonds is 3. The molecule has 0 aliphatic carbocycles. The van der Waals surface area contributed by atoms with Crippen LogP contribution in [0.1, 0.15) is 20.7 Å². The van der Waals surface area contributed by atoms with Gasteiger partial charge in [-0.2, -0.15) is 0 Å². The minimum Gasteiger partial charge on any atom is -0.478 e. The zero-order valence-electron chi connectivity index (χ0n) is 11.6. The van der Waals surface area contributed by atoms with Crippen molar-refractivity contribution in [1.82, 2.24) is 4.90 Å². The van der Waals surface area contributed by atoms with Crippen LogP contribution in [0, 0.1) is 5.82 Å². The summed E-state index contributed by atoms with van der Waals surface area (Å²) in [6.45, 7) is 0. The molecule has 0 aliphatic heterocycles. The molecule has 0 aliphatic rings. The van der Waals surface area contributed by atoms with E-state index in [1.165, 1.54) is 17.0 Å². The van der Waals surface area contributed by atoms with Crippen molar-refractivity contribution in [2.45, 2.75) is 0 Å². The van der Waals surface area contributed by atoms with Crippen molar-refractivity contribution < 1.29 is 19.1 Å². The zero-order valence-corrected chi connectivity index (χ0v) is 11.6. The maximum absolute atomic E-state index is 14.0. The molecule has 0 saturated carbocycles. The molecule has 2 aromatic carbocycles. The highest BCUT2D eigenvalue weighted by Crippen LogP contribution is 2.25. The summed E-state index contributed by atoms with van der Waals surface area (Å²) in [4.78, 5) is 24.1. The number of amides is 1. The van der Waals surface area contributed by atoms with Crippen molar-refractivity contribution in [2.75, 3.05) is 14.1 Å². The summed E-state index contributed by atoms with van der Waals surface area (Å²) in [6, 6.07) is 10.3. The fraction of sp³-hybridized carbons (Fsp3) is 0.125. The Morgan fingerprint density at radius 1 is 1.05 bits per heavy atom. The lowest BCUT2D eigenvalue weighted by atomic mass is 10.0.